The van der Waals surface area contributed by atoms with E-state index in [0.717, 1.165) is 46.0 Å². The Morgan fingerprint density at radius 2 is 1.75 bits per heavy atom. The number of benzene rings is 4. The molecule has 8 atom stereocenters. The number of methoxy groups -OCH3 is 1. The molecule has 4 aromatic carbocycles. The number of hydrogen-bond acceptors (Lipinski definition) is 9. The van der Waals surface area contributed by atoms with Crippen LogP contribution >= 0.6 is 0 Å². The summed E-state index contributed by atoms with van der Waals surface area (Å²) in [5.74, 6) is 0.676. The average Bonchev–Trinajstić information content (AvgIpc) is 3.78. The number of nitrogens with zero attached hydrogens (tertiary/aromatic N) is 5. The largest absolute Gasteiger partial charge is 0.453 e. The zero-order valence-electron chi connectivity index (χ0n) is 32.8. The number of piperidine rings is 2. The van der Waals surface area contributed by atoms with Gasteiger partial charge in [-0.05, 0) is 90.7 Å². The summed E-state index contributed by atoms with van der Waals surface area (Å²) in [6, 6.07) is 22.8. The molecule has 14 heteroatoms. The maximum atomic E-state index is 16.0. The lowest BCUT2D eigenvalue weighted by atomic mass is 9.99. The Hall–Kier alpha value is -6.41. The van der Waals surface area contributed by atoms with Gasteiger partial charge in [0.1, 0.15) is 29.5 Å². The molecule has 5 unspecified atom stereocenters. The number of rotatable bonds is 10. The number of imidazole rings is 2. The molecule has 10 rings (SSSR count). The molecule has 13 nitrogen and oxygen atoms in total. The zero-order valence-corrected chi connectivity index (χ0v) is 32.8. The minimum absolute atomic E-state index is 0.0784. The monoisotopic (exact) mass is 794 g/mol. The number of H-pyrrole nitrogens is 2. The highest BCUT2D eigenvalue weighted by molar-refractivity contribution is 6.05. The molecule has 300 valence electrons. The number of halogens is 1. The van der Waals surface area contributed by atoms with E-state index in [-0.39, 0.29) is 47.9 Å². The van der Waals surface area contributed by atoms with Gasteiger partial charge >= 0.3 is 12.1 Å². The molecule has 4 aliphatic rings. The smallest absolute Gasteiger partial charge is 0.407 e. The van der Waals surface area contributed by atoms with Gasteiger partial charge < -0.3 is 29.8 Å². The van der Waals surface area contributed by atoms with Crippen molar-refractivity contribution in [3.8, 4) is 22.4 Å². The molecule has 2 aromatic heterocycles. The Morgan fingerprint density at radius 3 is 2.51 bits per heavy atom. The van der Waals surface area contributed by atoms with Gasteiger partial charge in [0.05, 0.1) is 59.8 Å². The van der Waals surface area contributed by atoms with Gasteiger partial charge in [-0.1, -0.05) is 56.3 Å². The third kappa shape index (κ3) is 6.33. The lowest BCUT2D eigenvalue weighted by molar-refractivity contribution is -0.137. The van der Waals surface area contributed by atoms with Gasteiger partial charge in [-0.15, -0.1) is 5.06 Å². The number of aromatic nitrogens is 4. The number of carbonyl (C=O) groups is 3. The van der Waals surface area contributed by atoms with Crippen molar-refractivity contribution in [1.29, 1.82) is 0 Å². The fourth-order valence-electron chi connectivity index (χ4n) is 9.43. The molecule has 2 amide bonds. The number of amides is 2. The molecule has 2 aliphatic carbocycles. The van der Waals surface area contributed by atoms with E-state index in [9.17, 15) is 14.4 Å². The average molecular weight is 795 g/mol. The summed E-state index contributed by atoms with van der Waals surface area (Å²) in [4.78, 5) is 67.5. The highest BCUT2D eigenvalue weighted by atomic mass is 19.1. The van der Waals surface area contributed by atoms with Gasteiger partial charge in [0.25, 0.3) is 0 Å². The molecular weight excluding hydrogens is 752 g/mol. The zero-order chi connectivity index (χ0) is 40.7. The molecule has 2 saturated carbocycles. The number of carbonyl (C=O) groups excluding carboxylic acids is 3. The van der Waals surface area contributed by atoms with Crippen LogP contribution < -0.4 is 5.32 Å². The molecule has 0 bridgehead atoms. The first-order valence-electron chi connectivity index (χ1n) is 20.1. The maximum absolute atomic E-state index is 16.0. The van der Waals surface area contributed by atoms with E-state index in [2.05, 4.69) is 32.0 Å². The number of hydrogen-bond donors (Lipinski definition) is 3. The normalized spacial score (nSPS) is 24.8. The molecule has 6 aromatic rings. The van der Waals surface area contributed by atoms with E-state index in [1.54, 1.807) is 29.3 Å². The van der Waals surface area contributed by atoms with Crippen molar-refractivity contribution in [2.24, 2.45) is 22.7 Å². The Morgan fingerprint density at radius 1 is 0.949 bits per heavy atom. The summed E-state index contributed by atoms with van der Waals surface area (Å²) in [5.41, 5.74) is 4.64. The van der Waals surface area contributed by atoms with Crippen molar-refractivity contribution in [3.05, 3.63) is 108 Å². The van der Waals surface area contributed by atoms with Crippen LogP contribution in [0.15, 0.2) is 90.1 Å². The number of nitrogens with one attached hydrogen (secondary N) is 3. The molecule has 0 radical (unpaired) electrons. The van der Waals surface area contributed by atoms with Gasteiger partial charge in [-0.3, -0.25) is 9.79 Å². The minimum atomic E-state index is -0.807. The second-order valence-electron chi connectivity index (χ2n) is 16.5. The summed E-state index contributed by atoms with van der Waals surface area (Å²) in [5, 5.41) is 6.44. The summed E-state index contributed by atoms with van der Waals surface area (Å²) >= 11 is 0. The van der Waals surface area contributed by atoms with Crippen LogP contribution in [0.4, 0.5) is 9.18 Å². The summed E-state index contributed by atoms with van der Waals surface area (Å²) in [6.07, 6.45) is 3.40. The van der Waals surface area contributed by atoms with Crippen molar-refractivity contribution in [3.63, 3.8) is 0 Å². The number of alkyl carbamates (subject to hydrolysis) is 1. The van der Waals surface area contributed by atoms with Gasteiger partial charge in [-0.2, -0.15) is 0 Å². The molecule has 0 spiro atoms. The van der Waals surface area contributed by atoms with Gasteiger partial charge in [0.15, 0.2) is 0 Å². The molecule has 4 fully saturated rings. The summed E-state index contributed by atoms with van der Waals surface area (Å²) in [7, 11) is 1.26. The predicted octanol–water partition coefficient (Wildman–Crippen LogP) is 7.54. The van der Waals surface area contributed by atoms with Crippen LogP contribution in [0.5, 0.6) is 0 Å². The maximum Gasteiger partial charge on any atom is 0.407 e. The quantitative estimate of drug-likeness (QED) is 0.120. The molecule has 3 N–H and O–H groups in total. The summed E-state index contributed by atoms with van der Waals surface area (Å²) in [6.45, 7) is 7.45. The third-order valence-corrected chi connectivity index (χ3v) is 12.6. The Labute approximate surface area is 339 Å². The third-order valence-electron chi connectivity index (χ3n) is 12.6. The second-order valence-corrected chi connectivity index (χ2v) is 16.5. The van der Waals surface area contributed by atoms with E-state index in [4.69, 9.17) is 14.6 Å². The minimum Gasteiger partial charge on any atom is -0.453 e. The van der Waals surface area contributed by atoms with Crippen LogP contribution in [0.3, 0.4) is 0 Å². The molecule has 2 saturated heterocycles. The predicted molar refractivity (Wildman–Crippen MR) is 219 cm³/mol. The van der Waals surface area contributed by atoms with Crippen molar-refractivity contribution in [1.82, 2.24) is 35.2 Å². The van der Waals surface area contributed by atoms with E-state index in [1.165, 1.54) is 13.2 Å². The second kappa shape index (κ2) is 14.2. The van der Waals surface area contributed by atoms with Crippen LogP contribution in [0.25, 0.3) is 44.2 Å². The molecular formula is C45H43FN8O5. The highest BCUT2D eigenvalue weighted by Crippen LogP contribution is 2.55. The van der Waals surface area contributed by atoms with Crippen LogP contribution in [0, 0.1) is 23.6 Å². The van der Waals surface area contributed by atoms with Crippen molar-refractivity contribution in [2.45, 2.75) is 69.4 Å². The number of aliphatic imine (C=N–C) groups is 1. The lowest BCUT2D eigenvalue weighted by Gasteiger charge is -2.32. The fourth-order valence-corrected chi connectivity index (χ4v) is 9.43. The first-order valence-corrected chi connectivity index (χ1v) is 20.1. The lowest BCUT2D eigenvalue weighted by Crippen LogP contribution is -2.52. The van der Waals surface area contributed by atoms with Gasteiger partial charge in [0, 0.05) is 16.9 Å². The standard InChI is InChI=1S/C45H43FN8O5/c1-22(2)37(52-45(57)58-4)43(55)53-35(20-30-39(47-3)40(30)53)41-48-21-33(50-41)29-14-11-25(17-31(29)46)24-10-13-28-26(16-24)12-15-32-38(28)51-42(49-32)36-19-27-18-34(27)54(36)59-44(56)23-8-6-5-7-9-23/h5-17,21-22,27,30,34-37,39-40H,3,18-20H2,1-2,4H3,(H,48,50)(H,49,51)(H,52,57)/t27?,30?,34?,35-,36-,37-,39?,40?/m0/s1. The Bertz CT molecular complexity index is 2660. The summed E-state index contributed by atoms with van der Waals surface area (Å²) < 4.78 is 20.8. The van der Waals surface area contributed by atoms with E-state index < -0.39 is 24.0 Å². The van der Waals surface area contributed by atoms with Crippen LogP contribution in [-0.2, 0) is 14.4 Å². The van der Waals surface area contributed by atoms with Crippen LogP contribution in [0.2, 0.25) is 0 Å². The number of aromatic amines is 2. The van der Waals surface area contributed by atoms with Gasteiger partial charge in [0.2, 0.25) is 5.91 Å². The fraction of sp³-hybridized carbons (Fsp3) is 0.333. The van der Waals surface area contributed by atoms with E-state index >= 15 is 4.39 Å². The van der Waals surface area contributed by atoms with Crippen LogP contribution in [-0.4, -0.2) is 85.9 Å². The topological polar surface area (TPSA) is 158 Å². The first-order chi connectivity index (χ1) is 28.6. The number of hydroxylamine groups is 2. The SMILES string of the molecule is C=NC1C2C[C@@H](c3ncc(-c4ccc(-c5ccc6c(ccc7[nH]c([C@@H]8CC9CC9N8OC(=O)c8ccccc8)nc76)c5)cc4F)[nH]3)N(C(=O)[C@@H](NC(=O)OC)C(C)C)C21. The van der Waals surface area contributed by atoms with E-state index in [1.807, 2.05) is 73.5 Å². The molecule has 59 heavy (non-hydrogen) atoms. The van der Waals surface area contributed by atoms with Gasteiger partial charge in [-0.25, -0.2) is 23.9 Å². The van der Waals surface area contributed by atoms with E-state index in [0.29, 0.717) is 40.5 Å². The molecule has 2 aliphatic heterocycles. The van der Waals surface area contributed by atoms with Crippen molar-refractivity contribution < 1.29 is 28.3 Å². The number of fused-ring (bicyclic) bond motifs is 5. The Balaban J connectivity index is 0.880. The highest BCUT2D eigenvalue weighted by Gasteiger charge is 2.64. The number of likely N-dealkylation sites (tertiary alicyclic amines) is 1. The van der Waals surface area contributed by atoms with Crippen molar-refractivity contribution >= 4 is 46.5 Å². The number of ether oxygens (including phenoxy) is 1. The van der Waals surface area contributed by atoms with Crippen LogP contribution in [0.1, 0.15) is 67.2 Å². The van der Waals surface area contributed by atoms with Crippen molar-refractivity contribution in [2.75, 3.05) is 7.11 Å². The first kappa shape index (κ1) is 36.9. The molecule has 4 heterocycles. The Kier molecular flexibility index (Phi) is 8.85.